The zero-order chi connectivity index (χ0) is 11.5. The number of rotatable bonds is 3. The van der Waals surface area contributed by atoms with Crippen LogP contribution in [-0.4, -0.2) is 31.1 Å². The Balaban J connectivity index is 1.81. The Bertz CT molecular complexity index is 340. The summed E-state index contributed by atoms with van der Waals surface area (Å²) in [4.78, 5) is 2.42. The second kappa shape index (κ2) is 5.63. The van der Waals surface area contributed by atoms with Gasteiger partial charge in [0.1, 0.15) is 0 Å². The van der Waals surface area contributed by atoms with E-state index in [-0.39, 0.29) is 0 Å². The fourth-order valence-electron chi connectivity index (χ4n) is 2.34. The van der Waals surface area contributed by atoms with Gasteiger partial charge in [-0.05, 0) is 58.9 Å². The predicted molar refractivity (Wildman–Crippen MR) is 73.9 cm³/mol. The molecule has 0 saturated carbocycles. The molecular formula is C12H19BrN2S. The van der Waals surface area contributed by atoms with Gasteiger partial charge in [-0.2, -0.15) is 0 Å². The van der Waals surface area contributed by atoms with Crippen molar-refractivity contribution in [3.8, 4) is 0 Å². The SMILES string of the molecule is CC1CN(C)CCC1NCc1csc(Br)c1. The molecule has 1 fully saturated rings. The summed E-state index contributed by atoms with van der Waals surface area (Å²) in [6.07, 6.45) is 1.27. The van der Waals surface area contributed by atoms with Gasteiger partial charge in [-0.25, -0.2) is 0 Å². The molecule has 2 atom stereocenters. The standard InChI is InChI=1S/C12H19BrN2S/c1-9-7-15(2)4-3-11(9)14-6-10-5-12(13)16-8-10/h5,8-9,11,14H,3-4,6-7H2,1-2H3. The van der Waals surface area contributed by atoms with Crippen molar-refractivity contribution in [3.63, 3.8) is 0 Å². The molecule has 1 saturated heterocycles. The molecule has 16 heavy (non-hydrogen) atoms. The summed E-state index contributed by atoms with van der Waals surface area (Å²) >= 11 is 5.26. The second-order valence-electron chi connectivity index (χ2n) is 4.77. The summed E-state index contributed by atoms with van der Waals surface area (Å²) < 4.78 is 1.22. The highest BCUT2D eigenvalue weighted by Crippen LogP contribution is 2.21. The van der Waals surface area contributed by atoms with Gasteiger partial charge in [-0.15, -0.1) is 11.3 Å². The highest BCUT2D eigenvalue weighted by atomic mass is 79.9. The van der Waals surface area contributed by atoms with Crippen molar-refractivity contribution in [3.05, 3.63) is 20.8 Å². The molecule has 2 unspecified atom stereocenters. The van der Waals surface area contributed by atoms with Gasteiger partial charge in [-0.1, -0.05) is 6.92 Å². The van der Waals surface area contributed by atoms with E-state index < -0.39 is 0 Å². The lowest BCUT2D eigenvalue weighted by Crippen LogP contribution is -2.46. The number of hydrogen-bond donors (Lipinski definition) is 1. The Morgan fingerprint density at radius 3 is 3.06 bits per heavy atom. The third-order valence-corrected chi connectivity index (χ3v) is 4.85. The third kappa shape index (κ3) is 3.29. The molecule has 2 nitrogen and oxygen atoms in total. The molecule has 1 aliphatic rings. The Labute approximate surface area is 110 Å². The predicted octanol–water partition coefficient (Wildman–Crippen LogP) is 2.94. The van der Waals surface area contributed by atoms with Crippen LogP contribution in [0.2, 0.25) is 0 Å². The van der Waals surface area contributed by atoms with Gasteiger partial charge in [0, 0.05) is 19.1 Å². The second-order valence-corrected chi connectivity index (χ2v) is 7.07. The van der Waals surface area contributed by atoms with Crippen LogP contribution in [0.5, 0.6) is 0 Å². The van der Waals surface area contributed by atoms with Crippen LogP contribution in [0.25, 0.3) is 0 Å². The molecule has 1 aromatic heterocycles. The van der Waals surface area contributed by atoms with Gasteiger partial charge in [-0.3, -0.25) is 0 Å². The largest absolute Gasteiger partial charge is 0.310 e. The molecule has 1 N–H and O–H groups in total. The summed E-state index contributed by atoms with van der Waals surface area (Å²) in [5.74, 6) is 0.751. The van der Waals surface area contributed by atoms with E-state index in [9.17, 15) is 0 Å². The first-order valence-corrected chi connectivity index (χ1v) is 7.47. The molecule has 0 radical (unpaired) electrons. The third-order valence-electron chi connectivity index (χ3n) is 3.30. The molecule has 4 heteroatoms. The number of likely N-dealkylation sites (tertiary alicyclic amines) is 1. The van der Waals surface area contributed by atoms with Crippen molar-refractivity contribution in [1.29, 1.82) is 0 Å². The van der Waals surface area contributed by atoms with Gasteiger partial charge in [0.15, 0.2) is 0 Å². The molecule has 90 valence electrons. The maximum atomic E-state index is 3.68. The monoisotopic (exact) mass is 302 g/mol. The van der Waals surface area contributed by atoms with E-state index in [2.05, 4.69) is 51.6 Å². The maximum Gasteiger partial charge on any atom is 0.0701 e. The lowest BCUT2D eigenvalue weighted by atomic mass is 9.94. The van der Waals surface area contributed by atoms with Crippen molar-refractivity contribution in [2.45, 2.75) is 25.9 Å². The number of piperidine rings is 1. The minimum absolute atomic E-state index is 0.676. The van der Waals surface area contributed by atoms with Crippen LogP contribution in [-0.2, 0) is 6.54 Å². The molecule has 2 heterocycles. The molecule has 0 spiro atoms. The topological polar surface area (TPSA) is 15.3 Å². The van der Waals surface area contributed by atoms with Crippen LogP contribution in [0.15, 0.2) is 15.2 Å². The van der Waals surface area contributed by atoms with Crippen molar-refractivity contribution in [1.82, 2.24) is 10.2 Å². The van der Waals surface area contributed by atoms with Gasteiger partial charge < -0.3 is 10.2 Å². The normalized spacial score (nSPS) is 27.2. The maximum absolute atomic E-state index is 3.68. The van der Waals surface area contributed by atoms with E-state index in [1.165, 1.54) is 28.9 Å². The fourth-order valence-corrected chi connectivity index (χ4v) is 3.55. The minimum atomic E-state index is 0.676. The fraction of sp³-hybridized carbons (Fsp3) is 0.667. The smallest absolute Gasteiger partial charge is 0.0701 e. The summed E-state index contributed by atoms with van der Waals surface area (Å²) in [5.41, 5.74) is 1.39. The van der Waals surface area contributed by atoms with Crippen LogP contribution < -0.4 is 5.32 Å². The summed E-state index contributed by atoms with van der Waals surface area (Å²) in [6.45, 7) is 5.78. The number of nitrogens with zero attached hydrogens (tertiary/aromatic N) is 1. The quantitative estimate of drug-likeness (QED) is 0.923. The zero-order valence-electron chi connectivity index (χ0n) is 9.87. The van der Waals surface area contributed by atoms with Gasteiger partial charge in [0.05, 0.1) is 3.79 Å². The molecule has 1 aromatic rings. The van der Waals surface area contributed by atoms with Crippen LogP contribution in [0.4, 0.5) is 0 Å². The van der Waals surface area contributed by atoms with Gasteiger partial charge in [0.2, 0.25) is 0 Å². The van der Waals surface area contributed by atoms with Crippen molar-refractivity contribution in [2.24, 2.45) is 5.92 Å². The van der Waals surface area contributed by atoms with Gasteiger partial charge in [0.25, 0.3) is 0 Å². The van der Waals surface area contributed by atoms with E-state index in [1.807, 2.05) is 0 Å². The Morgan fingerprint density at radius 1 is 1.62 bits per heavy atom. The Morgan fingerprint density at radius 2 is 2.44 bits per heavy atom. The average molecular weight is 303 g/mol. The van der Waals surface area contributed by atoms with E-state index in [0.29, 0.717) is 6.04 Å². The molecule has 1 aliphatic heterocycles. The van der Waals surface area contributed by atoms with Crippen LogP contribution in [0.3, 0.4) is 0 Å². The number of thiophene rings is 1. The number of nitrogens with one attached hydrogen (secondary N) is 1. The molecule has 0 amide bonds. The highest BCUT2D eigenvalue weighted by molar-refractivity contribution is 9.11. The van der Waals surface area contributed by atoms with Crippen molar-refractivity contribution < 1.29 is 0 Å². The average Bonchev–Trinajstić information content (AvgIpc) is 2.63. The van der Waals surface area contributed by atoms with E-state index in [4.69, 9.17) is 0 Å². The van der Waals surface area contributed by atoms with Crippen LogP contribution in [0.1, 0.15) is 18.9 Å². The minimum Gasteiger partial charge on any atom is -0.310 e. The Kier molecular flexibility index (Phi) is 4.41. The van der Waals surface area contributed by atoms with Crippen LogP contribution >= 0.6 is 27.3 Å². The highest BCUT2D eigenvalue weighted by Gasteiger charge is 2.23. The first-order valence-electron chi connectivity index (χ1n) is 5.80. The molecule has 0 bridgehead atoms. The first kappa shape index (κ1) is 12.6. The molecule has 0 aliphatic carbocycles. The molecular weight excluding hydrogens is 284 g/mol. The van der Waals surface area contributed by atoms with Gasteiger partial charge >= 0.3 is 0 Å². The van der Waals surface area contributed by atoms with E-state index in [1.54, 1.807) is 11.3 Å². The van der Waals surface area contributed by atoms with Crippen molar-refractivity contribution in [2.75, 3.05) is 20.1 Å². The number of hydrogen-bond acceptors (Lipinski definition) is 3. The lowest BCUT2D eigenvalue weighted by Gasteiger charge is -2.35. The van der Waals surface area contributed by atoms with Crippen molar-refractivity contribution >= 4 is 27.3 Å². The van der Waals surface area contributed by atoms with E-state index >= 15 is 0 Å². The number of halogens is 1. The van der Waals surface area contributed by atoms with E-state index in [0.717, 1.165) is 12.5 Å². The lowest BCUT2D eigenvalue weighted by molar-refractivity contribution is 0.174. The summed E-state index contributed by atoms with van der Waals surface area (Å²) in [5, 5.41) is 5.90. The molecule has 2 rings (SSSR count). The van der Waals surface area contributed by atoms with Crippen LogP contribution in [0, 0.1) is 5.92 Å². The Hall–Kier alpha value is 0.100. The summed E-state index contributed by atoms with van der Waals surface area (Å²) in [7, 11) is 2.21. The summed E-state index contributed by atoms with van der Waals surface area (Å²) in [6, 6.07) is 2.88. The molecule has 0 aromatic carbocycles. The first-order chi connectivity index (χ1) is 7.65. The zero-order valence-corrected chi connectivity index (χ0v) is 12.3.